The van der Waals surface area contributed by atoms with E-state index in [1.165, 1.54) is 0 Å². The molecule has 0 bridgehead atoms. The number of ether oxygens (including phenoxy) is 1. The number of aryl methyl sites for hydroxylation is 1. The van der Waals surface area contributed by atoms with Crippen LogP contribution < -0.4 is 5.32 Å². The molecule has 1 N–H and O–H groups in total. The van der Waals surface area contributed by atoms with Crippen molar-refractivity contribution in [3.8, 4) is 0 Å². The van der Waals surface area contributed by atoms with Crippen LogP contribution in [0.3, 0.4) is 0 Å². The number of rotatable bonds is 3. The third kappa shape index (κ3) is 2.79. The summed E-state index contributed by atoms with van der Waals surface area (Å²) in [5.41, 5.74) is 0.737. The van der Waals surface area contributed by atoms with E-state index >= 15 is 0 Å². The van der Waals surface area contributed by atoms with E-state index in [-0.39, 0.29) is 12.0 Å². The predicted octanol–water partition coefficient (Wildman–Crippen LogP) is 0.928. The second-order valence-electron chi connectivity index (χ2n) is 3.79. The predicted molar refractivity (Wildman–Crippen MR) is 55.4 cm³/mol. The van der Waals surface area contributed by atoms with Gasteiger partial charge in [-0.3, -0.25) is 9.48 Å². The lowest BCUT2D eigenvalue weighted by Crippen LogP contribution is -2.18. The first kappa shape index (κ1) is 10.2. The fourth-order valence-corrected chi connectivity index (χ4v) is 1.71. The van der Waals surface area contributed by atoms with Gasteiger partial charge in [-0.1, -0.05) is 0 Å². The molecule has 1 fully saturated rings. The van der Waals surface area contributed by atoms with Gasteiger partial charge in [0.2, 0.25) is 5.91 Å². The Balaban J connectivity index is 1.81. The van der Waals surface area contributed by atoms with E-state index in [1.807, 2.05) is 7.05 Å². The lowest BCUT2D eigenvalue weighted by molar-refractivity contribution is -0.118. The van der Waals surface area contributed by atoms with Gasteiger partial charge in [0.1, 0.15) is 0 Å². The number of anilines is 1. The van der Waals surface area contributed by atoms with E-state index in [0.717, 1.165) is 25.1 Å². The fourth-order valence-electron chi connectivity index (χ4n) is 1.71. The smallest absolute Gasteiger partial charge is 0.227 e. The lowest BCUT2D eigenvalue weighted by Gasteiger charge is -2.08. The zero-order valence-corrected chi connectivity index (χ0v) is 8.77. The van der Waals surface area contributed by atoms with Crippen LogP contribution in [0.5, 0.6) is 0 Å². The van der Waals surface area contributed by atoms with Gasteiger partial charge in [0.25, 0.3) is 0 Å². The third-order valence-corrected chi connectivity index (χ3v) is 2.43. The van der Waals surface area contributed by atoms with E-state index in [1.54, 1.807) is 17.1 Å². The van der Waals surface area contributed by atoms with Crippen LogP contribution in [0.25, 0.3) is 0 Å². The van der Waals surface area contributed by atoms with Gasteiger partial charge < -0.3 is 10.1 Å². The molecule has 0 radical (unpaired) electrons. The normalized spacial score (nSPS) is 20.5. The van der Waals surface area contributed by atoms with E-state index < -0.39 is 0 Å². The molecule has 82 valence electrons. The van der Waals surface area contributed by atoms with E-state index in [0.29, 0.717) is 6.42 Å². The second kappa shape index (κ2) is 4.44. The number of nitrogens with zero attached hydrogens (tertiary/aromatic N) is 2. The summed E-state index contributed by atoms with van der Waals surface area (Å²) in [5, 5.41) is 6.76. The molecule has 1 unspecified atom stereocenters. The molecule has 1 aromatic heterocycles. The molecule has 0 spiro atoms. The van der Waals surface area contributed by atoms with Crippen molar-refractivity contribution in [1.29, 1.82) is 0 Å². The van der Waals surface area contributed by atoms with Gasteiger partial charge in [-0.2, -0.15) is 5.10 Å². The van der Waals surface area contributed by atoms with Gasteiger partial charge in [0.05, 0.1) is 24.4 Å². The number of amides is 1. The molecule has 5 nitrogen and oxygen atoms in total. The molecule has 2 heterocycles. The summed E-state index contributed by atoms with van der Waals surface area (Å²) < 4.78 is 7.04. The highest BCUT2D eigenvalue weighted by molar-refractivity contribution is 5.90. The molecule has 1 aliphatic rings. The van der Waals surface area contributed by atoms with Crippen molar-refractivity contribution < 1.29 is 9.53 Å². The minimum atomic E-state index is -0.00472. The molecule has 15 heavy (non-hydrogen) atoms. The Morgan fingerprint density at radius 3 is 3.27 bits per heavy atom. The first-order valence-corrected chi connectivity index (χ1v) is 5.14. The summed E-state index contributed by atoms with van der Waals surface area (Å²) in [6.45, 7) is 0.783. The largest absolute Gasteiger partial charge is 0.378 e. The van der Waals surface area contributed by atoms with Crippen molar-refractivity contribution in [2.24, 2.45) is 7.05 Å². The molecule has 0 aromatic carbocycles. The molecule has 1 amide bonds. The third-order valence-electron chi connectivity index (χ3n) is 2.43. The first-order chi connectivity index (χ1) is 7.24. The Morgan fingerprint density at radius 1 is 1.80 bits per heavy atom. The van der Waals surface area contributed by atoms with Gasteiger partial charge in [-0.15, -0.1) is 0 Å². The Kier molecular flexibility index (Phi) is 3.01. The minimum Gasteiger partial charge on any atom is -0.378 e. The van der Waals surface area contributed by atoms with Crippen LogP contribution in [0.2, 0.25) is 0 Å². The summed E-state index contributed by atoms with van der Waals surface area (Å²) in [7, 11) is 1.82. The molecule has 1 aliphatic heterocycles. The van der Waals surface area contributed by atoms with Gasteiger partial charge >= 0.3 is 0 Å². The molecule has 1 atom stereocenters. The number of hydrogen-bond donors (Lipinski definition) is 1. The highest BCUT2D eigenvalue weighted by Crippen LogP contribution is 2.16. The van der Waals surface area contributed by atoms with Crippen molar-refractivity contribution in [3.05, 3.63) is 12.4 Å². The van der Waals surface area contributed by atoms with E-state index in [2.05, 4.69) is 10.4 Å². The number of carbonyl (C=O) groups excluding carboxylic acids is 1. The minimum absolute atomic E-state index is 0.00472. The Labute approximate surface area is 88.4 Å². The maximum absolute atomic E-state index is 11.5. The molecule has 1 saturated heterocycles. The highest BCUT2D eigenvalue weighted by atomic mass is 16.5. The summed E-state index contributed by atoms with van der Waals surface area (Å²) >= 11 is 0. The standard InChI is InChI=1S/C10H15N3O2/c1-13-7-8(6-11-13)12-10(14)5-9-3-2-4-15-9/h6-7,9H,2-5H2,1H3,(H,12,14). The van der Waals surface area contributed by atoms with E-state index in [9.17, 15) is 4.79 Å². The van der Waals surface area contributed by atoms with Crippen LogP contribution in [0.15, 0.2) is 12.4 Å². The van der Waals surface area contributed by atoms with Crippen LogP contribution in [0.1, 0.15) is 19.3 Å². The Morgan fingerprint density at radius 2 is 2.67 bits per heavy atom. The van der Waals surface area contributed by atoms with Gasteiger partial charge in [-0.05, 0) is 12.8 Å². The molecule has 2 rings (SSSR count). The quantitative estimate of drug-likeness (QED) is 0.805. The van der Waals surface area contributed by atoms with Gasteiger partial charge in [0.15, 0.2) is 0 Å². The number of nitrogens with one attached hydrogen (secondary N) is 1. The molecular formula is C10H15N3O2. The van der Waals surface area contributed by atoms with Crippen molar-refractivity contribution in [1.82, 2.24) is 9.78 Å². The fraction of sp³-hybridized carbons (Fsp3) is 0.600. The van der Waals surface area contributed by atoms with Crippen molar-refractivity contribution in [2.45, 2.75) is 25.4 Å². The average Bonchev–Trinajstić information content (AvgIpc) is 2.77. The first-order valence-electron chi connectivity index (χ1n) is 5.14. The lowest BCUT2D eigenvalue weighted by atomic mass is 10.2. The van der Waals surface area contributed by atoms with Crippen molar-refractivity contribution in [2.75, 3.05) is 11.9 Å². The zero-order chi connectivity index (χ0) is 10.7. The molecule has 0 saturated carbocycles. The zero-order valence-electron chi connectivity index (χ0n) is 8.77. The summed E-state index contributed by atoms with van der Waals surface area (Å²) in [5.74, 6) is -0.00472. The Bertz CT molecular complexity index is 342. The van der Waals surface area contributed by atoms with Crippen LogP contribution >= 0.6 is 0 Å². The molecule has 1 aromatic rings. The molecule has 5 heteroatoms. The van der Waals surface area contributed by atoms with Crippen LogP contribution in [-0.2, 0) is 16.6 Å². The maximum atomic E-state index is 11.5. The Hall–Kier alpha value is -1.36. The number of carbonyl (C=O) groups is 1. The average molecular weight is 209 g/mol. The van der Waals surface area contributed by atoms with Crippen LogP contribution in [0.4, 0.5) is 5.69 Å². The second-order valence-corrected chi connectivity index (χ2v) is 3.79. The topological polar surface area (TPSA) is 56.2 Å². The van der Waals surface area contributed by atoms with Crippen molar-refractivity contribution >= 4 is 11.6 Å². The van der Waals surface area contributed by atoms with Gasteiger partial charge in [-0.25, -0.2) is 0 Å². The summed E-state index contributed by atoms with van der Waals surface area (Å²) in [6.07, 6.45) is 5.99. The molecule has 0 aliphatic carbocycles. The number of hydrogen-bond acceptors (Lipinski definition) is 3. The highest BCUT2D eigenvalue weighted by Gasteiger charge is 2.19. The van der Waals surface area contributed by atoms with Crippen molar-refractivity contribution in [3.63, 3.8) is 0 Å². The SMILES string of the molecule is Cn1cc(NC(=O)CC2CCCO2)cn1. The number of aromatic nitrogens is 2. The van der Waals surface area contributed by atoms with Crippen LogP contribution in [-0.4, -0.2) is 28.4 Å². The van der Waals surface area contributed by atoms with Gasteiger partial charge in [0, 0.05) is 19.9 Å². The summed E-state index contributed by atoms with van der Waals surface area (Å²) in [6, 6.07) is 0. The van der Waals surface area contributed by atoms with Crippen LogP contribution in [0, 0.1) is 0 Å². The maximum Gasteiger partial charge on any atom is 0.227 e. The summed E-state index contributed by atoms with van der Waals surface area (Å²) in [4.78, 5) is 11.5. The monoisotopic (exact) mass is 209 g/mol. The molecular weight excluding hydrogens is 194 g/mol. The van der Waals surface area contributed by atoms with E-state index in [4.69, 9.17) is 4.74 Å².